The first-order valence-corrected chi connectivity index (χ1v) is 14.1. The zero-order chi connectivity index (χ0) is 25.6. The first kappa shape index (κ1) is 27.2. The molecule has 0 radical (unpaired) electrons. The SMILES string of the molecule is CCOC(=O)CCCOc1cc2c(cc1[Se]c1ccc(C(=O)OCC)cn1)C(C)(C)CCC2(C)C. The van der Waals surface area contributed by atoms with Crippen LogP contribution in [0.2, 0.25) is 0 Å². The van der Waals surface area contributed by atoms with E-state index in [1.165, 1.54) is 11.1 Å². The van der Waals surface area contributed by atoms with Crippen molar-refractivity contribution >= 4 is 35.9 Å². The number of benzene rings is 1. The molecule has 2 aromatic rings. The van der Waals surface area contributed by atoms with Crippen molar-refractivity contribution in [3.05, 3.63) is 47.2 Å². The van der Waals surface area contributed by atoms with Crippen molar-refractivity contribution in [1.82, 2.24) is 4.98 Å². The number of hydrogen-bond donors (Lipinski definition) is 0. The quantitative estimate of drug-likeness (QED) is 0.255. The summed E-state index contributed by atoms with van der Waals surface area (Å²) in [7, 11) is 0. The van der Waals surface area contributed by atoms with Gasteiger partial charge in [0.2, 0.25) is 0 Å². The summed E-state index contributed by atoms with van der Waals surface area (Å²) in [6, 6.07) is 8.18. The van der Waals surface area contributed by atoms with Crippen LogP contribution in [0, 0.1) is 0 Å². The van der Waals surface area contributed by atoms with Crippen LogP contribution >= 0.6 is 0 Å². The molecule has 0 unspecified atom stereocenters. The molecule has 0 amide bonds. The predicted molar refractivity (Wildman–Crippen MR) is 138 cm³/mol. The number of carbonyl (C=O) groups is 2. The van der Waals surface area contributed by atoms with Crippen LogP contribution in [0.4, 0.5) is 0 Å². The molecule has 6 nitrogen and oxygen atoms in total. The molecule has 0 saturated carbocycles. The van der Waals surface area contributed by atoms with Crippen molar-refractivity contribution in [2.24, 2.45) is 0 Å². The monoisotopic (exact) mass is 547 g/mol. The summed E-state index contributed by atoms with van der Waals surface area (Å²) in [6.07, 6.45) is 4.78. The van der Waals surface area contributed by atoms with Gasteiger partial charge in [0.15, 0.2) is 0 Å². The van der Waals surface area contributed by atoms with Crippen molar-refractivity contribution in [2.75, 3.05) is 19.8 Å². The zero-order valence-electron chi connectivity index (χ0n) is 21.7. The van der Waals surface area contributed by atoms with E-state index in [4.69, 9.17) is 14.2 Å². The van der Waals surface area contributed by atoms with Crippen molar-refractivity contribution < 1.29 is 23.8 Å². The van der Waals surface area contributed by atoms with Gasteiger partial charge in [-0.2, -0.15) is 0 Å². The van der Waals surface area contributed by atoms with Gasteiger partial charge in [0, 0.05) is 0 Å². The molecule has 0 aliphatic heterocycles. The fourth-order valence-electron chi connectivity index (χ4n) is 4.29. The molecule has 7 heteroatoms. The summed E-state index contributed by atoms with van der Waals surface area (Å²) in [5.74, 6) is 0.303. The Bertz CT molecular complexity index is 1050. The van der Waals surface area contributed by atoms with Crippen LogP contribution in [0.25, 0.3) is 0 Å². The van der Waals surface area contributed by atoms with Crippen molar-refractivity contribution in [1.29, 1.82) is 0 Å². The predicted octanol–water partition coefficient (Wildman–Crippen LogP) is 3.98. The number of nitrogens with zero attached hydrogens (tertiary/aromatic N) is 1. The Morgan fingerprint density at radius 3 is 2.23 bits per heavy atom. The summed E-state index contributed by atoms with van der Waals surface area (Å²) in [4.78, 5) is 28.2. The van der Waals surface area contributed by atoms with Crippen molar-refractivity contribution in [3.8, 4) is 5.75 Å². The molecule has 0 atom stereocenters. The average Bonchev–Trinajstić information content (AvgIpc) is 2.81. The Kier molecular flexibility index (Phi) is 9.00. The number of fused-ring (bicyclic) bond motifs is 1. The molecule has 1 heterocycles. The molecule has 1 aliphatic rings. The molecule has 0 bridgehead atoms. The third-order valence-corrected chi connectivity index (χ3v) is 8.54. The van der Waals surface area contributed by atoms with Crippen LogP contribution < -0.4 is 13.8 Å². The molecular weight excluding hydrogens is 509 g/mol. The van der Waals surface area contributed by atoms with Gasteiger partial charge < -0.3 is 0 Å². The molecule has 0 fully saturated rings. The fraction of sp³-hybridized carbons (Fsp3) is 0.536. The van der Waals surface area contributed by atoms with Crippen LogP contribution in [0.3, 0.4) is 0 Å². The number of hydrogen-bond acceptors (Lipinski definition) is 6. The molecule has 190 valence electrons. The maximum atomic E-state index is 12.0. The molecule has 0 spiro atoms. The molecule has 3 rings (SSSR count). The van der Waals surface area contributed by atoms with Crippen LogP contribution in [0.15, 0.2) is 30.5 Å². The standard InChI is InChI=1S/C28H37NO5Se/c1-7-32-25(30)10-9-15-34-22-16-20-21(28(5,6)14-13-27(20,3)4)17-23(22)35-24-12-11-19(18-29-24)26(31)33-8-2/h11-12,16-18H,7-10,13-15H2,1-6H3. The second-order valence-corrected chi connectivity index (χ2v) is 12.3. The van der Waals surface area contributed by atoms with Crippen molar-refractivity contribution in [2.45, 2.75) is 78.1 Å². The van der Waals surface area contributed by atoms with Crippen LogP contribution in [-0.2, 0) is 25.1 Å². The minimum atomic E-state index is -0.359. The van der Waals surface area contributed by atoms with E-state index in [-0.39, 0.29) is 37.7 Å². The number of pyridine rings is 1. The van der Waals surface area contributed by atoms with E-state index in [1.807, 2.05) is 13.0 Å². The summed E-state index contributed by atoms with van der Waals surface area (Å²) in [5.41, 5.74) is 3.31. The van der Waals surface area contributed by atoms with E-state index in [1.54, 1.807) is 19.2 Å². The summed E-state index contributed by atoms with van der Waals surface area (Å²) >= 11 is -0.115. The van der Waals surface area contributed by atoms with Gasteiger partial charge >= 0.3 is 216 Å². The van der Waals surface area contributed by atoms with E-state index < -0.39 is 0 Å². The topological polar surface area (TPSA) is 74.7 Å². The summed E-state index contributed by atoms with van der Waals surface area (Å²) in [5, 5.41) is 0. The first-order chi connectivity index (χ1) is 16.6. The molecular formula is C28H37NO5Se. The van der Waals surface area contributed by atoms with E-state index in [0.29, 0.717) is 38.2 Å². The van der Waals surface area contributed by atoms with E-state index in [0.717, 1.165) is 27.6 Å². The number of carbonyl (C=O) groups excluding carboxylic acids is 2. The first-order valence-electron chi connectivity index (χ1n) is 12.4. The number of rotatable bonds is 10. The minimum absolute atomic E-state index is 0.0684. The average molecular weight is 547 g/mol. The van der Waals surface area contributed by atoms with Crippen LogP contribution in [-0.4, -0.2) is 51.7 Å². The van der Waals surface area contributed by atoms with Gasteiger partial charge in [-0.25, -0.2) is 0 Å². The second-order valence-electron chi connectivity index (χ2n) is 10.1. The van der Waals surface area contributed by atoms with Gasteiger partial charge in [-0.15, -0.1) is 0 Å². The van der Waals surface area contributed by atoms with E-state index in [2.05, 4.69) is 44.8 Å². The van der Waals surface area contributed by atoms with E-state index >= 15 is 0 Å². The van der Waals surface area contributed by atoms with Crippen LogP contribution in [0.5, 0.6) is 5.75 Å². The van der Waals surface area contributed by atoms with Gasteiger partial charge in [0.25, 0.3) is 0 Å². The normalized spacial score (nSPS) is 15.7. The van der Waals surface area contributed by atoms with Crippen molar-refractivity contribution in [3.63, 3.8) is 0 Å². The Balaban J connectivity index is 1.89. The molecule has 1 aromatic carbocycles. The third kappa shape index (κ3) is 6.86. The number of ether oxygens (including phenoxy) is 3. The van der Waals surface area contributed by atoms with Gasteiger partial charge in [-0.3, -0.25) is 0 Å². The van der Waals surface area contributed by atoms with Gasteiger partial charge in [0.05, 0.1) is 0 Å². The fourth-order valence-corrected chi connectivity index (χ4v) is 6.10. The van der Waals surface area contributed by atoms with E-state index in [9.17, 15) is 9.59 Å². The molecule has 35 heavy (non-hydrogen) atoms. The number of esters is 2. The molecule has 0 saturated heterocycles. The molecule has 1 aromatic heterocycles. The second kappa shape index (κ2) is 11.6. The van der Waals surface area contributed by atoms with Gasteiger partial charge in [-0.05, 0) is 0 Å². The third-order valence-electron chi connectivity index (χ3n) is 6.47. The Morgan fingerprint density at radius 2 is 1.63 bits per heavy atom. The summed E-state index contributed by atoms with van der Waals surface area (Å²) < 4.78 is 18.4. The Hall–Kier alpha value is -2.37. The molecule has 1 aliphatic carbocycles. The van der Waals surface area contributed by atoms with Gasteiger partial charge in [0.1, 0.15) is 0 Å². The summed E-state index contributed by atoms with van der Waals surface area (Å²) in [6.45, 7) is 14.0. The maximum absolute atomic E-state index is 12.0. The van der Waals surface area contributed by atoms with Crippen LogP contribution in [0.1, 0.15) is 88.7 Å². The molecule has 0 N–H and O–H groups in total. The Labute approximate surface area is 215 Å². The number of aromatic nitrogens is 1. The van der Waals surface area contributed by atoms with Gasteiger partial charge in [-0.1, -0.05) is 0 Å². The Morgan fingerprint density at radius 1 is 0.971 bits per heavy atom. The zero-order valence-corrected chi connectivity index (χ0v) is 23.4.